The van der Waals surface area contributed by atoms with Crippen molar-refractivity contribution in [2.24, 2.45) is 7.05 Å². The molecule has 25 heavy (non-hydrogen) atoms. The third-order valence-electron chi connectivity index (χ3n) is 4.52. The second-order valence-electron chi connectivity index (χ2n) is 6.83. The molecule has 0 atom stereocenters. The second-order valence-corrected chi connectivity index (χ2v) is 6.83. The van der Waals surface area contributed by atoms with Gasteiger partial charge in [0.25, 0.3) is 5.91 Å². The van der Waals surface area contributed by atoms with Crippen LogP contribution in [0.3, 0.4) is 0 Å². The molecule has 130 valence electrons. The largest absolute Gasteiger partial charge is 0.442 e. The third-order valence-corrected chi connectivity index (χ3v) is 4.52. The highest BCUT2D eigenvalue weighted by Gasteiger charge is 2.38. The molecule has 0 spiro atoms. The Labute approximate surface area is 144 Å². The third kappa shape index (κ3) is 2.95. The standard InChI is InChI=1S/C17H20N6O2/c1-10-12(15(24)18-6-11-7-21-23(3)8-11)13-14(22-17(2)4-5-17)19-9-20-16(13)25-10/h7-9H,4-6H2,1-3H3,(H,18,24)(H,19,20,22). The van der Waals surface area contributed by atoms with Crippen LogP contribution in [0.1, 0.15) is 41.4 Å². The van der Waals surface area contributed by atoms with Crippen LogP contribution < -0.4 is 10.6 Å². The zero-order chi connectivity index (χ0) is 17.6. The molecular formula is C17H20N6O2. The van der Waals surface area contributed by atoms with Crippen LogP contribution >= 0.6 is 0 Å². The number of aryl methyl sites for hydroxylation is 2. The molecule has 1 amide bonds. The first-order chi connectivity index (χ1) is 12.0. The second kappa shape index (κ2) is 5.58. The average molecular weight is 340 g/mol. The molecule has 1 fully saturated rings. The molecule has 3 aromatic rings. The highest BCUT2D eigenvalue weighted by molar-refractivity contribution is 6.10. The number of furan rings is 1. The van der Waals surface area contributed by atoms with Gasteiger partial charge in [-0.3, -0.25) is 9.48 Å². The number of hydrogen-bond donors (Lipinski definition) is 2. The lowest BCUT2D eigenvalue weighted by molar-refractivity contribution is 0.0951. The Morgan fingerprint density at radius 3 is 2.88 bits per heavy atom. The van der Waals surface area contributed by atoms with Crippen molar-refractivity contribution in [3.05, 3.63) is 35.6 Å². The van der Waals surface area contributed by atoms with Gasteiger partial charge in [0.05, 0.1) is 17.1 Å². The minimum absolute atomic E-state index is 0.0376. The first-order valence-electron chi connectivity index (χ1n) is 8.23. The summed E-state index contributed by atoms with van der Waals surface area (Å²) < 4.78 is 7.38. The molecule has 3 heterocycles. The zero-order valence-electron chi connectivity index (χ0n) is 14.5. The number of nitrogens with one attached hydrogen (secondary N) is 2. The molecule has 1 aliphatic carbocycles. The number of carbonyl (C=O) groups excluding carboxylic acids is 1. The summed E-state index contributed by atoms with van der Waals surface area (Å²) in [6, 6.07) is 0. The van der Waals surface area contributed by atoms with E-state index in [9.17, 15) is 4.79 Å². The van der Waals surface area contributed by atoms with E-state index in [0.29, 0.717) is 34.8 Å². The Morgan fingerprint density at radius 2 is 2.20 bits per heavy atom. The van der Waals surface area contributed by atoms with Crippen molar-refractivity contribution in [3.63, 3.8) is 0 Å². The van der Waals surface area contributed by atoms with Crippen LogP contribution in [0.15, 0.2) is 23.1 Å². The number of aromatic nitrogens is 4. The van der Waals surface area contributed by atoms with Gasteiger partial charge in [-0.25, -0.2) is 9.97 Å². The summed E-state index contributed by atoms with van der Waals surface area (Å²) in [5.74, 6) is 0.968. The number of rotatable bonds is 5. The highest BCUT2D eigenvalue weighted by Crippen LogP contribution is 2.40. The maximum atomic E-state index is 12.8. The molecule has 8 nitrogen and oxygen atoms in total. The van der Waals surface area contributed by atoms with Gasteiger partial charge in [-0.15, -0.1) is 0 Å². The number of carbonyl (C=O) groups is 1. The molecule has 0 unspecified atom stereocenters. The quantitative estimate of drug-likeness (QED) is 0.738. The molecule has 4 rings (SSSR count). The fourth-order valence-corrected chi connectivity index (χ4v) is 2.84. The van der Waals surface area contributed by atoms with Gasteiger partial charge in [-0.05, 0) is 26.7 Å². The Hall–Kier alpha value is -2.90. The lowest BCUT2D eigenvalue weighted by Gasteiger charge is -2.13. The topological polar surface area (TPSA) is 97.9 Å². The minimum atomic E-state index is -0.209. The van der Waals surface area contributed by atoms with Crippen LogP contribution in [0.2, 0.25) is 0 Å². The van der Waals surface area contributed by atoms with E-state index < -0.39 is 0 Å². The molecule has 8 heteroatoms. The summed E-state index contributed by atoms with van der Waals surface area (Å²) in [6.07, 6.45) is 7.21. The summed E-state index contributed by atoms with van der Waals surface area (Å²) in [5.41, 5.74) is 1.87. The van der Waals surface area contributed by atoms with E-state index in [2.05, 4.69) is 32.6 Å². The summed E-state index contributed by atoms with van der Waals surface area (Å²) in [4.78, 5) is 21.3. The summed E-state index contributed by atoms with van der Waals surface area (Å²) in [5, 5.41) is 11.1. The van der Waals surface area contributed by atoms with Gasteiger partial charge in [0.1, 0.15) is 17.9 Å². The predicted molar refractivity (Wildman–Crippen MR) is 92.2 cm³/mol. The maximum Gasteiger partial charge on any atom is 0.255 e. The van der Waals surface area contributed by atoms with Crippen molar-refractivity contribution in [2.45, 2.75) is 38.8 Å². The van der Waals surface area contributed by atoms with Crippen LogP contribution in [0, 0.1) is 6.92 Å². The van der Waals surface area contributed by atoms with Gasteiger partial charge >= 0.3 is 0 Å². The number of fused-ring (bicyclic) bond motifs is 1. The Kier molecular flexibility index (Phi) is 3.48. The van der Waals surface area contributed by atoms with Gasteiger partial charge in [-0.1, -0.05) is 0 Å². The number of nitrogens with zero attached hydrogens (tertiary/aromatic N) is 4. The molecule has 1 saturated carbocycles. The van der Waals surface area contributed by atoms with Gasteiger partial charge in [0.15, 0.2) is 0 Å². The van der Waals surface area contributed by atoms with Crippen LogP contribution in [-0.2, 0) is 13.6 Å². The minimum Gasteiger partial charge on any atom is -0.442 e. The zero-order valence-corrected chi connectivity index (χ0v) is 14.5. The number of anilines is 1. The van der Waals surface area contributed by atoms with Gasteiger partial charge in [0, 0.05) is 30.9 Å². The van der Waals surface area contributed by atoms with Crippen molar-refractivity contribution in [1.29, 1.82) is 0 Å². The molecule has 0 bridgehead atoms. The van der Waals surface area contributed by atoms with Crippen LogP contribution in [-0.4, -0.2) is 31.2 Å². The van der Waals surface area contributed by atoms with Gasteiger partial charge < -0.3 is 15.1 Å². The average Bonchev–Trinajstić information content (AvgIpc) is 2.99. The Bertz CT molecular complexity index is 953. The van der Waals surface area contributed by atoms with E-state index in [4.69, 9.17) is 4.42 Å². The van der Waals surface area contributed by atoms with Crippen LogP contribution in [0.4, 0.5) is 5.82 Å². The number of hydrogen-bond acceptors (Lipinski definition) is 6. The molecule has 0 radical (unpaired) electrons. The number of amides is 1. The van der Waals surface area contributed by atoms with E-state index in [-0.39, 0.29) is 11.4 Å². The van der Waals surface area contributed by atoms with Crippen molar-refractivity contribution in [3.8, 4) is 0 Å². The predicted octanol–water partition coefficient (Wildman–Crippen LogP) is 2.16. The highest BCUT2D eigenvalue weighted by atomic mass is 16.3. The van der Waals surface area contributed by atoms with Gasteiger partial charge in [-0.2, -0.15) is 5.10 Å². The van der Waals surface area contributed by atoms with E-state index >= 15 is 0 Å². The maximum absolute atomic E-state index is 12.8. The fraction of sp³-hybridized carbons (Fsp3) is 0.412. The van der Waals surface area contributed by atoms with E-state index in [0.717, 1.165) is 18.4 Å². The molecular weight excluding hydrogens is 320 g/mol. The lowest BCUT2D eigenvalue weighted by atomic mass is 10.1. The molecule has 3 aromatic heterocycles. The van der Waals surface area contributed by atoms with Crippen molar-refractivity contribution in [2.75, 3.05) is 5.32 Å². The first-order valence-corrected chi connectivity index (χ1v) is 8.23. The molecule has 0 aliphatic heterocycles. The first kappa shape index (κ1) is 15.6. The van der Waals surface area contributed by atoms with E-state index in [1.54, 1.807) is 17.8 Å². The monoisotopic (exact) mass is 340 g/mol. The van der Waals surface area contributed by atoms with Crippen molar-refractivity contribution in [1.82, 2.24) is 25.1 Å². The summed E-state index contributed by atoms with van der Waals surface area (Å²) in [6.45, 7) is 4.30. The SMILES string of the molecule is Cc1oc2ncnc(NC3(C)CC3)c2c1C(=O)NCc1cnn(C)c1. The molecule has 0 saturated heterocycles. The van der Waals surface area contributed by atoms with Crippen molar-refractivity contribution >= 4 is 22.8 Å². The van der Waals surface area contributed by atoms with Crippen molar-refractivity contribution < 1.29 is 9.21 Å². The Balaban J connectivity index is 1.65. The Morgan fingerprint density at radius 1 is 1.40 bits per heavy atom. The van der Waals surface area contributed by atoms with E-state index in [1.807, 2.05) is 13.2 Å². The van der Waals surface area contributed by atoms with Gasteiger partial charge in [0.2, 0.25) is 5.71 Å². The van der Waals surface area contributed by atoms with Crippen LogP contribution in [0.5, 0.6) is 0 Å². The van der Waals surface area contributed by atoms with E-state index in [1.165, 1.54) is 6.33 Å². The fourth-order valence-electron chi connectivity index (χ4n) is 2.84. The smallest absolute Gasteiger partial charge is 0.255 e. The summed E-state index contributed by atoms with van der Waals surface area (Å²) >= 11 is 0. The summed E-state index contributed by atoms with van der Waals surface area (Å²) in [7, 11) is 1.84. The molecule has 1 aliphatic rings. The molecule has 0 aromatic carbocycles. The molecule has 2 N–H and O–H groups in total. The lowest BCUT2D eigenvalue weighted by Crippen LogP contribution is -2.24. The van der Waals surface area contributed by atoms with Crippen LogP contribution in [0.25, 0.3) is 11.1 Å². The normalized spacial score (nSPS) is 15.3.